The van der Waals surface area contributed by atoms with Crippen LogP contribution in [0, 0.1) is 5.92 Å². The molecule has 0 radical (unpaired) electrons. The number of piperidine rings is 1. The SMILES string of the molecule is O=C1CCC(N2C(=O)c3ccc(NCCC[C@H]4C[C@H](n5cc(-c6ccc(Cl)cn6)cn5)C4)cc3C2=O)C(=O)N1. The lowest BCUT2D eigenvalue weighted by Gasteiger charge is -2.35. The number of aromatic nitrogens is 3. The van der Waals surface area contributed by atoms with Crippen molar-refractivity contribution in [1.29, 1.82) is 0 Å². The summed E-state index contributed by atoms with van der Waals surface area (Å²) in [7, 11) is 0. The molecular formula is C28H27ClN6O4. The van der Waals surface area contributed by atoms with E-state index >= 15 is 0 Å². The first kappa shape index (κ1) is 25.2. The second-order valence-electron chi connectivity index (χ2n) is 10.3. The first-order valence-corrected chi connectivity index (χ1v) is 13.5. The molecule has 1 unspecified atom stereocenters. The number of rotatable bonds is 8. The van der Waals surface area contributed by atoms with E-state index in [0.29, 0.717) is 17.0 Å². The van der Waals surface area contributed by atoms with Crippen LogP contribution in [0.15, 0.2) is 48.9 Å². The van der Waals surface area contributed by atoms with Gasteiger partial charge in [0.25, 0.3) is 11.8 Å². The molecule has 4 heterocycles. The van der Waals surface area contributed by atoms with Gasteiger partial charge in [0.05, 0.1) is 34.1 Å². The number of hydrogen-bond donors (Lipinski definition) is 2. The predicted molar refractivity (Wildman–Crippen MR) is 143 cm³/mol. The van der Waals surface area contributed by atoms with Crippen LogP contribution in [0.3, 0.4) is 0 Å². The molecule has 1 saturated carbocycles. The van der Waals surface area contributed by atoms with Gasteiger partial charge in [-0.15, -0.1) is 0 Å². The van der Waals surface area contributed by atoms with Crippen LogP contribution >= 0.6 is 11.6 Å². The maximum absolute atomic E-state index is 13.0. The van der Waals surface area contributed by atoms with Gasteiger partial charge in [0.2, 0.25) is 11.8 Å². The van der Waals surface area contributed by atoms with Gasteiger partial charge in [-0.2, -0.15) is 5.10 Å². The number of amides is 4. The lowest BCUT2D eigenvalue weighted by Crippen LogP contribution is -2.54. The van der Waals surface area contributed by atoms with Crippen molar-refractivity contribution in [3.05, 3.63) is 65.1 Å². The normalized spacial score (nSPS) is 22.5. The molecule has 39 heavy (non-hydrogen) atoms. The number of halogens is 1. The molecule has 2 fully saturated rings. The van der Waals surface area contributed by atoms with Crippen molar-refractivity contribution in [2.45, 2.75) is 50.6 Å². The number of anilines is 1. The molecule has 10 nitrogen and oxygen atoms in total. The molecule has 6 rings (SSSR count). The molecule has 3 aromatic rings. The molecule has 4 amide bonds. The van der Waals surface area contributed by atoms with E-state index in [0.717, 1.165) is 54.1 Å². The Morgan fingerprint density at radius 1 is 1.03 bits per heavy atom. The van der Waals surface area contributed by atoms with Gasteiger partial charge < -0.3 is 5.32 Å². The van der Waals surface area contributed by atoms with Crippen LogP contribution < -0.4 is 10.6 Å². The second-order valence-corrected chi connectivity index (χ2v) is 10.8. The van der Waals surface area contributed by atoms with Crippen molar-refractivity contribution in [2.24, 2.45) is 5.92 Å². The highest BCUT2D eigenvalue weighted by Crippen LogP contribution is 2.40. The number of carbonyl (C=O) groups excluding carboxylic acids is 4. The Hall–Kier alpha value is -4.05. The van der Waals surface area contributed by atoms with Gasteiger partial charge in [0, 0.05) is 36.6 Å². The summed E-state index contributed by atoms with van der Waals surface area (Å²) < 4.78 is 2.03. The minimum absolute atomic E-state index is 0.0994. The Balaban J connectivity index is 0.972. The average Bonchev–Trinajstić information content (AvgIpc) is 3.47. The molecule has 1 saturated heterocycles. The Morgan fingerprint density at radius 3 is 2.62 bits per heavy atom. The third kappa shape index (κ3) is 4.92. The molecule has 0 bridgehead atoms. The minimum Gasteiger partial charge on any atom is -0.385 e. The molecule has 1 aliphatic carbocycles. The third-order valence-electron chi connectivity index (χ3n) is 7.77. The van der Waals surface area contributed by atoms with E-state index in [1.54, 1.807) is 24.4 Å². The van der Waals surface area contributed by atoms with Gasteiger partial charge in [-0.1, -0.05) is 11.6 Å². The lowest BCUT2D eigenvalue weighted by molar-refractivity contribution is -0.136. The summed E-state index contributed by atoms with van der Waals surface area (Å²) in [4.78, 5) is 54.9. The maximum Gasteiger partial charge on any atom is 0.262 e. The highest BCUT2D eigenvalue weighted by Gasteiger charge is 2.44. The van der Waals surface area contributed by atoms with E-state index < -0.39 is 23.8 Å². The van der Waals surface area contributed by atoms with Gasteiger partial charge in [0.1, 0.15) is 6.04 Å². The fraction of sp³-hybridized carbons (Fsp3) is 0.357. The van der Waals surface area contributed by atoms with E-state index in [4.69, 9.17) is 11.6 Å². The average molecular weight is 547 g/mol. The van der Waals surface area contributed by atoms with Crippen molar-refractivity contribution in [2.75, 3.05) is 11.9 Å². The first-order valence-electron chi connectivity index (χ1n) is 13.1. The second kappa shape index (κ2) is 10.3. The maximum atomic E-state index is 13.0. The summed E-state index contributed by atoms with van der Waals surface area (Å²) in [6.07, 6.45) is 9.99. The molecular weight excluding hydrogens is 520 g/mol. The number of benzene rings is 1. The molecule has 11 heteroatoms. The van der Waals surface area contributed by atoms with Gasteiger partial charge in [0.15, 0.2) is 0 Å². The zero-order valence-electron chi connectivity index (χ0n) is 21.1. The number of imide groups is 2. The quantitative estimate of drug-likeness (QED) is 0.324. The number of carbonyl (C=O) groups is 4. The monoisotopic (exact) mass is 546 g/mol. The number of nitrogens with zero attached hydrogens (tertiary/aromatic N) is 4. The molecule has 200 valence electrons. The van der Waals surface area contributed by atoms with E-state index in [9.17, 15) is 19.2 Å². The zero-order valence-corrected chi connectivity index (χ0v) is 21.9. The summed E-state index contributed by atoms with van der Waals surface area (Å²) in [6, 6.07) is 8.23. The molecule has 0 spiro atoms. The molecule has 1 aromatic carbocycles. The van der Waals surface area contributed by atoms with Crippen molar-refractivity contribution in [1.82, 2.24) is 25.0 Å². The fourth-order valence-corrected chi connectivity index (χ4v) is 5.69. The van der Waals surface area contributed by atoms with Crippen LogP contribution in [0.25, 0.3) is 11.3 Å². The number of hydrogen-bond acceptors (Lipinski definition) is 7. The first-order chi connectivity index (χ1) is 18.9. The lowest BCUT2D eigenvalue weighted by atomic mass is 9.77. The molecule has 2 aliphatic heterocycles. The summed E-state index contributed by atoms with van der Waals surface area (Å²) in [6.45, 7) is 0.743. The highest BCUT2D eigenvalue weighted by atomic mass is 35.5. The highest BCUT2D eigenvalue weighted by molar-refractivity contribution is 6.30. The Morgan fingerprint density at radius 2 is 1.85 bits per heavy atom. The number of nitrogens with one attached hydrogen (secondary N) is 2. The molecule has 3 aliphatic rings. The van der Waals surface area contributed by atoms with Gasteiger partial charge in [-0.25, -0.2) is 0 Å². The molecule has 1 atom stereocenters. The molecule has 2 aromatic heterocycles. The van der Waals surface area contributed by atoms with Crippen LogP contribution in [-0.2, 0) is 9.59 Å². The summed E-state index contributed by atoms with van der Waals surface area (Å²) in [5, 5.41) is 10.7. The van der Waals surface area contributed by atoms with Gasteiger partial charge in [-0.05, 0) is 68.4 Å². The summed E-state index contributed by atoms with van der Waals surface area (Å²) >= 11 is 5.93. The predicted octanol–water partition coefficient (Wildman–Crippen LogP) is 3.84. The van der Waals surface area contributed by atoms with Crippen molar-refractivity contribution in [3.8, 4) is 11.3 Å². The fourth-order valence-electron chi connectivity index (χ4n) is 5.57. The van der Waals surface area contributed by atoms with E-state index in [-0.39, 0.29) is 29.9 Å². The molecule has 2 N–H and O–H groups in total. The van der Waals surface area contributed by atoms with E-state index in [1.165, 1.54) is 0 Å². The van der Waals surface area contributed by atoms with Crippen LogP contribution in [0.5, 0.6) is 0 Å². The van der Waals surface area contributed by atoms with Crippen molar-refractivity contribution in [3.63, 3.8) is 0 Å². The third-order valence-corrected chi connectivity index (χ3v) is 7.99. The number of fused-ring (bicyclic) bond motifs is 1. The summed E-state index contributed by atoms with van der Waals surface area (Å²) in [5.74, 6) is -1.35. The summed E-state index contributed by atoms with van der Waals surface area (Å²) in [5.41, 5.74) is 3.16. The minimum atomic E-state index is -0.958. The van der Waals surface area contributed by atoms with E-state index in [1.807, 2.05) is 29.2 Å². The van der Waals surface area contributed by atoms with Crippen molar-refractivity contribution < 1.29 is 19.2 Å². The Bertz CT molecular complexity index is 1460. The smallest absolute Gasteiger partial charge is 0.262 e. The van der Waals surface area contributed by atoms with Crippen LogP contribution in [-0.4, -0.2) is 55.9 Å². The van der Waals surface area contributed by atoms with Crippen LogP contribution in [0.4, 0.5) is 5.69 Å². The van der Waals surface area contributed by atoms with Crippen molar-refractivity contribution >= 4 is 40.9 Å². The zero-order chi connectivity index (χ0) is 27.1. The number of pyridine rings is 1. The Labute approximate surface area is 229 Å². The van der Waals surface area contributed by atoms with Gasteiger partial charge >= 0.3 is 0 Å². The largest absolute Gasteiger partial charge is 0.385 e. The van der Waals surface area contributed by atoms with Crippen LogP contribution in [0.2, 0.25) is 5.02 Å². The van der Waals surface area contributed by atoms with Gasteiger partial charge in [-0.3, -0.25) is 39.1 Å². The topological polar surface area (TPSA) is 126 Å². The standard InChI is InChI=1S/C28H27ClN6O4/c29-18-3-6-23(31-14-18)17-13-32-34(15-17)20-10-16(11-20)2-1-9-30-19-4-5-21-22(12-19)28(39)35(27(21)38)24-7-8-25(36)33-26(24)37/h3-6,12-16,20,24,30H,1-2,7-11H2,(H,33,36,37)/t16-,20-,24?. The van der Waals surface area contributed by atoms with Crippen LogP contribution in [0.1, 0.15) is 65.3 Å². The Kier molecular flexibility index (Phi) is 6.64. The van der Waals surface area contributed by atoms with E-state index in [2.05, 4.69) is 20.7 Å².